The number of anilines is 1. The Morgan fingerprint density at radius 1 is 1.10 bits per heavy atom. The van der Waals surface area contributed by atoms with Crippen LogP contribution in [-0.4, -0.2) is 40.0 Å². The Hall–Kier alpha value is -2.63. The van der Waals surface area contributed by atoms with E-state index in [0.29, 0.717) is 24.5 Å². The minimum Gasteiger partial charge on any atom is -0.338 e. The van der Waals surface area contributed by atoms with Gasteiger partial charge < -0.3 is 10.2 Å². The van der Waals surface area contributed by atoms with Crippen LogP contribution in [0.3, 0.4) is 0 Å². The number of H-pyrrole nitrogens is 1. The number of likely N-dealkylation sites (tertiary alicyclic amines) is 1. The number of aromatic amines is 1. The van der Waals surface area contributed by atoms with Gasteiger partial charge in [0.15, 0.2) is 5.82 Å². The molecule has 0 spiro atoms. The molecule has 1 unspecified atom stereocenters. The smallest absolute Gasteiger partial charge is 0.253 e. The predicted molar refractivity (Wildman–Crippen MR) is 117 cm³/mol. The molecule has 2 aromatic rings. The first-order valence-electron chi connectivity index (χ1n) is 11.3. The third-order valence-electron chi connectivity index (χ3n) is 6.49. The lowest BCUT2D eigenvalue weighted by atomic mass is 9.86. The fraction of sp³-hybridized carbons (Fsp3) is 0.542. The first-order valence-corrected chi connectivity index (χ1v) is 11.3. The van der Waals surface area contributed by atoms with E-state index in [2.05, 4.69) is 15.5 Å². The molecule has 1 saturated carbocycles. The van der Waals surface area contributed by atoms with E-state index in [0.717, 1.165) is 36.4 Å². The fourth-order valence-corrected chi connectivity index (χ4v) is 4.72. The Morgan fingerprint density at radius 3 is 2.63 bits per heavy atom. The molecular weight excluding hydrogens is 376 g/mol. The highest BCUT2D eigenvalue weighted by molar-refractivity contribution is 5.96. The van der Waals surface area contributed by atoms with Crippen LogP contribution in [0.15, 0.2) is 30.3 Å². The average molecular weight is 409 g/mol. The Balaban J connectivity index is 1.32. The lowest BCUT2D eigenvalue weighted by Crippen LogP contribution is -2.43. The van der Waals surface area contributed by atoms with Gasteiger partial charge >= 0.3 is 0 Å². The van der Waals surface area contributed by atoms with Crippen LogP contribution in [0.4, 0.5) is 5.82 Å². The van der Waals surface area contributed by atoms with Crippen molar-refractivity contribution in [1.29, 1.82) is 0 Å². The van der Waals surface area contributed by atoms with Crippen molar-refractivity contribution in [3.8, 4) is 0 Å². The minimum absolute atomic E-state index is 0.00189. The van der Waals surface area contributed by atoms with Gasteiger partial charge in [-0.2, -0.15) is 5.10 Å². The maximum absolute atomic E-state index is 12.8. The summed E-state index contributed by atoms with van der Waals surface area (Å²) < 4.78 is 0. The van der Waals surface area contributed by atoms with E-state index in [-0.39, 0.29) is 17.7 Å². The molecule has 0 bridgehead atoms. The van der Waals surface area contributed by atoms with Crippen molar-refractivity contribution in [3.05, 3.63) is 47.2 Å². The minimum atomic E-state index is -0.202. The van der Waals surface area contributed by atoms with Gasteiger partial charge in [-0.05, 0) is 44.2 Å². The van der Waals surface area contributed by atoms with E-state index in [9.17, 15) is 9.59 Å². The van der Waals surface area contributed by atoms with Crippen molar-refractivity contribution in [1.82, 2.24) is 15.1 Å². The monoisotopic (exact) mass is 408 g/mol. The molecule has 1 atom stereocenters. The van der Waals surface area contributed by atoms with Crippen molar-refractivity contribution in [2.45, 2.75) is 58.3 Å². The zero-order valence-corrected chi connectivity index (χ0v) is 17.8. The summed E-state index contributed by atoms with van der Waals surface area (Å²) in [6, 6.07) is 9.58. The largest absolute Gasteiger partial charge is 0.338 e. The van der Waals surface area contributed by atoms with Crippen LogP contribution in [0, 0.1) is 18.8 Å². The number of carbonyl (C=O) groups excluding carboxylic acids is 2. The molecule has 1 aliphatic carbocycles. The second-order valence-corrected chi connectivity index (χ2v) is 8.93. The number of aromatic nitrogens is 2. The van der Waals surface area contributed by atoms with Gasteiger partial charge in [-0.25, -0.2) is 0 Å². The Bertz CT molecular complexity index is 868. The van der Waals surface area contributed by atoms with Gasteiger partial charge in [0.1, 0.15) is 0 Å². The van der Waals surface area contributed by atoms with Crippen molar-refractivity contribution in [3.63, 3.8) is 0 Å². The highest BCUT2D eigenvalue weighted by Crippen LogP contribution is 2.27. The van der Waals surface area contributed by atoms with Crippen LogP contribution >= 0.6 is 0 Å². The second kappa shape index (κ2) is 9.45. The molecule has 2 fully saturated rings. The van der Waals surface area contributed by atoms with Gasteiger partial charge in [0.2, 0.25) is 5.91 Å². The molecule has 6 nitrogen and oxygen atoms in total. The van der Waals surface area contributed by atoms with Crippen LogP contribution in [-0.2, 0) is 11.2 Å². The van der Waals surface area contributed by atoms with E-state index in [1.54, 1.807) is 4.90 Å². The van der Waals surface area contributed by atoms with Gasteiger partial charge in [0.05, 0.1) is 5.92 Å². The van der Waals surface area contributed by atoms with Gasteiger partial charge in [-0.1, -0.05) is 49.8 Å². The SMILES string of the molecule is Cc1ccc(C(=O)N2CCCC(C(=O)Nc3cc(CC4CCCCC4)[nH]n3)C2)cc1. The molecule has 1 saturated heterocycles. The number of hydrogen-bond donors (Lipinski definition) is 2. The van der Waals surface area contributed by atoms with Gasteiger partial charge in [-0.3, -0.25) is 14.7 Å². The molecule has 2 heterocycles. The number of nitrogens with zero attached hydrogens (tertiary/aromatic N) is 2. The summed E-state index contributed by atoms with van der Waals surface area (Å²) in [7, 11) is 0. The van der Waals surface area contributed by atoms with Crippen LogP contribution in [0.1, 0.15) is 66.6 Å². The zero-order valence-electron chi connectivity index (χ0n) is 17.8. The Kier molecular flexibility index (Phi) is 6.50. The predicted octanol–water partition coefficient (Wildman–Crippen LogP) is 4.33. The summed E-state index contributed by atoms with van der Waals surface area (Å²) in [4.78, 5) is 27.4. The second-order valence-electron chi connectivity index (χ2n) is 8.93. The normalized spacial score (nSPS) is 20.2. The highest BCUT2D eigenvalue weighted by Gasteiger charge is 2.29. The molecule has 1 aromatic carbocycles. The molecular formula is C24H32N4O2. The number of amides is 2. The van der Waals surface area contributed by atoms with E-state index in [1.807, 2.05) is 37.3 Å². The molecule has 30 heavy (non-hydrogen) atoms. The summed E-state index contributed by atoms with van der Waals surface area (Å²) in [6.07, 6.45) is 9.20. The fourth-order valence-electron chi connectivity index (χ4n) is 4.72. The highest BCUT2D eigenvalue weighted by atomic mass is 16.2. The van der Waals surface area contributed by atoms with E-state index < -0.39 is 0 Å². The average Bonchev–Trinajstić information content (AvgIpc) is 3.21. The zero-order chi connectivity index (χ0) is 20.9. The van der Waals surface area contributed by atoms with Crippen molar-refractivity contribution in [2.75, 3.05) is 18.4 Å². The van der Waals surface area contributed by atoms with Crippen LogP contribution in [0.2, 0.25) is 0 Å². The van der Waals surface area contributed by atoms with Crippen LogP contribution in [0.25, 0.3) is 0 Å². The standard InChI is InChI=1S/C24H32N4O2/c1-17-9-11-19(12-10-17)24(30)28-13-5-8-20(16-28)23(29)25-22-15-21(26-27-22)14-18-6-3-2-4-7-18/h9-12,15,18,20H,2-8,13-14,16H2,1H3,(H2,25,26,27,29). The van der Waals surface area contributed by atoms with E-state index in [4.69, 9.17) is 0 Å². The van der Waals surface area contributed by atoms with Crippen molar-refractivity contribution >= 4 is 17.6 Å². The number of hydrogen-bond acceptors (Lipinski definition) is 3. The summed E-state index contributed by atoms with van der Waals surface area (Å²) >= 11 is 0. The topological polar surface area (TPSA) is 78.1 Å². The van der Waals surface area contributed by atoms with Crippen molar-refractivity contribution < 1.29 is 9.59 Å². The van der Waals surface area contributed by atoms with Crippen molar-refractivity contribution in [2.24, 2.45) is 11.8 Å². The Labute approximate surface area is 178 Å². The molecule has 160 valence electrons. The summed E-state index contributed by atoms with van der Waals surface area (Å²) in [5.74, 6) is 1.07. The Morgan fingerprint density at radius 2 is 1.87 bits per heavy atom. The third-order valence-corrected chi connectivity index (χ3v) is 6.49. The van der Waals surface area contributed by atoms with Gasteiger partial charge in [0.25, 0.3) is 5.91 Å². The molecule has 2 aliphatic rings. The third kappa shape index (κ3) is 5.10. The molecule has 0 radical (unpaired) electrons. The lowest BCUT2D eigenvalue weighted by molar-refractivity contribution is -0.121. The number of carbonyl (C=O) groups is 2. The van der Waals surface area contributed by atoms with E-state index in [1.165, 1.54) is 32.1 Å². The van der Waals surface area contributed by atoms with Crippen LogP contribution in [0.5, 0.6) is 0 Å². The van der Waals surface area contributed by atoms with E-state index >= 15 is 0 Å². The number of piperidine rings is 1. The van der Waals surface area contributed by atoms with Gasteiger partial charge in [-0.15, -0.1) is 0 Å². The lowest BCUT2D eigenvalue weighted by Gasteiger charge is -2.32. The summed E-state index contributed by atoms with van der Waals surface area (Å²) in [6.45, 7) is 3.16. The molecule has 1 aliphatic heterocycles. The maximum Gasteiger partial charge on any atom is 0.253 e. The quantitative estimate of drug-likeness (QED) is 0.773. The first-order chi connectivity index (χ1) is 14.6. The molecule has 4 rings (SSSR count). The number of benzene rings is 1. The molecule has 2 amide bonds. The summed E-state index contributed by atoms with van der Waals surface area (Å²) in [5.41, 5.74) is 2.91. The first kappa shape index (κ1) is 20.6. The maximum atomic E-state index is 12.8. The molecule has 1 aromatic heterocycles. The number of aryl methyl sites for hydroxylation is 1. The molecule has 2 N–H and O–H groups in total. The van der Waals surface area contributed by atoms with Crippen LogP contribution < -0.4 is 5.32 Å². The van der Waals surface area contributed by atoms with Gasteiger partial charge in [0, 0.05) is 30.4 Å². The number of rotatable bonds is 5. The number of nitrogens with one attached hydrogen (secondary N) is 2. The molecule has 6 heteroatoms. The summed E-state index contributed by atoms with van der Waals surface area (Å²) in [5, 5.41) is 10.3.